The van der Waals surface area contributed by atoms with Crippen molar-refractivity contribution < 1.29 is 20.1 Å². The molecule has 12 heavy (non-hydrogen) atoms. The summed E-state index contributed by atoms with van der Waals surface area (Å²) in [5.74, 6) is 0.141. The Morgan fingerprint density at radius 1 is 1.17 bits per heavy atom. The van der Waals surface area contributed by atoms with Gasteiger partial charge in [-0.15, -0.1) is 0 Å². The second-order valence-electron chi connectivity index (χ2n) is 3.59. The summed E-state index contributed by atoms with van der Waals surface area (Å²) >= 11 is 0. The molecule has 1 saturated heterocycles. The molecule has 0 bridgehead atoms. The maximum atomic E-state index is 9.44. The molecule has 1 aliphatic rings. The van der Waals surface area contributed by atoms with E-state index in [-0.39, 0.29) is 18.6 Å². The lowest BCUT2D eigenvalue weighted by Crippen LogP contribution is -2.54. The molecule has 1 rings (SSSR count). The fourth-order valence-corrected chi connectivity index (χ4v) is 1.42. The molecule has 4 nitrogen and oxygen atoms in total. The van der Waals surface area contributed by atoms with Crippen molar-refractivity contribution in [2.45, 2.75) is 38.3 Å². The zero-order chi connectivity index (χ0) is 9.30. The Kier molecular flexibility index (Phi) is 3.06. The molecule has 0 amide bonds. The molecule has 0 unspecified atom stereocenters. The van der Waals surface area contributed by atoms with Crippen molar-refractivity contribution in [1.29, 1.82) is 0 Å². The van der Waals surface area contributed by atoms with Crippen LogP contribution in [0.15, 0.2) is 0 Å². The van der Waals surface area contributed by atoms with Crippen LogP contribution in [0.2, 0.25) is 0 Å². The highest BCUT2D eigenvalue weighted by atomic mass is 16.5. The summed E-state index contributed by atoms with van der Waals surface area (Å²) in [6, 6.07) is 0. The summed E-state index contributed by atoms with van der Waals surface area (Å²) < 4.78 is 5.17. The number of aliphatic hydroxyl groups excluding tert-OH is 3. The van der Waals surface area contributed by atoms with E-state index in [1.54, 1.807) is 0 Å². The smallest absolute Gasteiger partial charge is 0.111 e. The molecule has 1 fully saturated rings. The summed E-state index contributed by atoms with van der Waals surface area (Å²) in [7, 11) is 0. The highest BCUT2D eigenvalue weighted by Crippen LogP contribution is 2.20. The first-order chi connectivity index (χ1) is 5.54. The van der Waals surface area contributed by atoms with Gasteiger partial charge in [0.1, 0.15) is 18.3 Å². The van der Waals surface area contributed by atoms with Crippen molar-refractivity contribution in [3.8, 4) is 0 Å². The van der Waals surface area contributed by atoms with Crippen LogP contribution in [-0.2, 0) is 4.74 Å². The highest BCUT2D eigenvalue weighted by molar-refractivity contribution is 4.87. The molecule has 4 heteroatoms. The van der Waals surface area contributed by atoms with Gasteiger partial charge in [0.15, 0.2) is 0 Å². The fourth-order valence-electron chi connectivity index (χ4n) is 1.42. The van der Waals surface area contributed by atoms with Gasteiger partial charge in [-0.1, -0.05) is 13.8 Å². The number of rotatable bonds is 1. The standard InChI is InChI=1S/C8H16O4/c1-4(2)8-7(11)6(10)5(9)3-12-8/h4-11H,3H2,1-2H3/t5-,6-,7+,8-/m0/s1. The number of ether oxygens (including phenoxy) is 1. The lowest BCUT2D eigenvalue weighted by molar-refractivity contribution is -0.197. The summed E-state index contributed by atoms with van der Waals surface area (Å²) in [5.41, 5.74) is 0. The molecule has 0 aliphatic carbocycles. The van der Waals surface area contributed by atoms with E-state index in [1.807, 2.05) is 13.8 Å². The van der Waals surface area contributed by atoms with Gasteiger partial charge >= 0.3 is 0 Å². The lowest BCUT2D eigenvalue weighted by atomic mass is 9.93. The van der Waals surface area contributed by atoms with Gasteiger partial charge in [-0.25, -0.2) is 0 Å². The fraction of sp³-hybridized carbons (Fsp3) is 1.00. The Bertz CT molecular complexity index is 148. The SMILES string of the molecule is CC(C)[C@@H]1OC[C@H](O)[C@H](O)[C@H]1O. The van der Waals surface area contributed by atoms with Crippen LogP contribution >= 0.6 is 0 Å². The summed E-state index contributed by atoms with van der Waals surface area (Å²) in [6.45, 7) is 3.90. The number of hydrogen-bond acceptors (Lipinski definition) is 4. The summed E-state index contributed by atoms with van der Waals surface area (Å²) in [4.78, 5) is 0. The Balaban J connectivity index is 2.58. The van der Waals surface area contributed by atoms with Crippen molar-refractivity contribution in [3.05, 3.63) is 0 Å². The van der Waals surface area contributed by atoms with E-state index in [0.717, 1.165) is 0 Å². The first kappa shape index (κ1) is 9.92. The van der Waals surface area contributed by atoms with E-state index in [1.165, 1.54) is 0 Å². The van der Waals surface area contributed by atoms with Crippen LogP contribution in [0.4, 0.5) is 0 Å². The first-order valence-electron chi connectivity index (χ1n) is 4.20. The highest BCUT2D eigenvalue weighted by Gasteiger charge is 2.38. The second kappa shape index (κ2) is 3.70. The van der Waals surface area contributed by atoms with Crippen LogP contribution in [0, 0.1) is 5.92 Å². The number of hydrogen-bond donors (Lipinski definition) is 3. The van der Waals surface area contributed by atoms with Crippen molar-refractivity contribution in [3.63, 3.8) is 0 Å². The zero-order valence-electron chi connectivity index (χ0n) is 7.34. The van der Waals surface area contributed by atoms with E-state index in [0.29, 0.717) is 0 Å². The summed E-state index contributed by atoms with van der Waals surface area (Å²) in [6.07, 6.45) is -3.39. The van der Waals surface area contributed by atoms with E-state index >= 15 is 0 Å². The normalized spacial score (nSPS) is 43.5. The molecule has 1 heterocycles. The molecule has 0 spiro atoms. The minimum Gasteiger partial charge on any atom is -0.388 e. The monoisotopic (exact) mass is 176 g/mol. The quantitative estimate of drug-likeness (QED) is 0.485. The van der Waals surface area contributed by atoms with Gasteiger partial charge in [-0.3, -0.25) is 0 Å². The van der Waals surface area contributed by atoms with Gasteiger partial charge in [-0.05, 0) is 5.92 Å². The van der Waals surface area contributed by atoms with Gasteiger partial charge in [0.2, 0.25) is 0 Å². The predicted molar refractivity (Wildman–Crippen MR) is 42.6 cm³/mol. The van der Waals surface area contributed by atoms with E-state index in [2.05, 4.69) is 0 Å². The van der Waals surface area contributed by atoms with Crippen molar-refractivity contribution in [2.24, 2.45) is 5.92 Å². The van der Waals surface area contributed by atoms with Crippen LogP contribution < -0.4 is 0 Å². The first-order valence-corrected chi connectivity index (χ1v) is 4.20. The predicted octanol–water partition coefficient (Wildman–Crippen LogP) is -0.876. The largest absolute Gasteiger partial charge is 0.388 e. The van der Waals surface area contributed by atoms with Gasteiger partial charge in [0, 0.05) is 0 Å². The minimum atomic E-state index is -1.08. The molecule has 72 valence electrons. The van der Waals surface area contributed by atoms with Gasteiger partial charge in [0.05, 0.1) is 12.7 Å². The van der Waals surface area contributed by atoms with Crippen LogP contribution in [0.5, 0.6) is 0 Å². The average molecular weight is 176 g/mol. The lowest BCUT2D eigenvalue weighted by Gasteiger charge is -2.37. The molecular weight excluding hydrogens is 160 g/mol. The number of aliphatic hydroxyl groups is 3. The van der Waals surface area contributed by atoms with Crippen molar-refractivity contribution in [1.82, 2.24) is 0 Å². The molecule has 3 N–H and O–H groups in total. The van der Waals surface area contributed by atoms with Crippen LogP contribution in [0.1, 0.15) is 13.8 Å². The molecule has 0 saturated carbocycles. The minimum absolute atomic E-state index is 0.0983. The molecule has 0 aromatic rings. The molecule has 0 radical (unpaired) electrons. The van der Waals surface area contributed by atoms with Gasteiger partial charge in [0.25, 0.3) is 0 Å². The molecule has 0 aromatic heterocycles. The Hall–Kier alpha value is -0.160. The Labute approximate surface area is 71.8 Å². The van der Waals surface area contributed by atoms with Gasteiger partial charge in [-0.2, -0.15) is 0 Å². The molecule has 0 aromatic carbocycles. The van der Waals surface area contributed by atoms with Crippen LogP contribution in [0.3, 0.4) is 0 Å². The zero-order valence-corrected chi connectivity index (χ0v) is 7.34. The summed E-state index contributed by atoms with van der Waals surface area (Å²) in [5, 5.41) is 27.8. The van der Waals surface area contributed by atoms with Crippen molar-refractivity contribution >= 4 is 0 Å². The maximum absolute atomic E-state index is 9.44. The topological polar surface area (TPSA) is 69.9 Å². The van der Waals surface area contributed by atoms with E-state index in [4.69, 9.17) is 9.84 Å². The Morgan fingerprint density at radius 3 is 2.25 bits per heavy atom. The maximum Gasteiger partial charge on any atom is 0.111 e. The molecule has 1 aliphatic heterocycles. The third-order valence-corrected chi connectivity index (χ3v) is 2.20. The Morgan fingerprint density at radius 2 is 1.75 bits per heavy atom. The average Bonchev–Trinajstić information content (AvgIpc) is 2.00. The molecule has 4 atom stereocenters. The van der Waals surface area contributed by atoms with Crippen LogP contribution in [0.25, 0.3) is 0 Å². The van der Waals surface area contributed by atoms with Gasteiger partial charge < -0.3 is 20.1 Å². The van der Waals surface area contributed by atoms with Crippen molar-refractivity contribution in [2.75, 3.05) is 6.61 Å². The second-order valence-corrected chi connectivity index (χ2v) is 3.59. The molecular formula is C8H16O4. The van der Waals surface area contributed by atoms with E-state index in [9.17, 15) is 10.2 Å². The third-order valence-electron chi connectivity index (χ3n) is 2.20. The third kappa shape index (κ3) is 1.77. The van der Waals surface area contributed by atoms with Crippen LogP contribution in [-0.4, -0.2) is 46.3 Å². The van der Waals surface area contributed by atoms with E-state index < -0.39 is 18.3 Å².